The molecule has 0 saturated heterocycles. The SMILES string of the molecule is CCOC(C)=O.CCc1cccc(C(=O)O)c1O.O=C(O)c1ccc(O)cc1. The van der Waals surface area contributed by atoms with Gasteiger partial charge in [0.05, 0.1) is 12.2 Å². The van der Waals surface area contributed by atoms with Gasteiger partial charge < -0.3 is 25.2 Å². The highest BCUT2D eigenvalue weighted by Crippen LogP contribution is 2.22. The van der Waals surface area contributed by atoms with Gasteiger partial charge >= 0.3 is 17.9 Å². The van der Waals surface area contributed by atoms with Gasteiger partial charge in [-0.15, -0.1) is 0 Å². The third-order valence-corrected chi connectivity index (χ3v) is 3.19. The zero-order valence-corrected chi connectivity index (χ0v) is 15.9. The lowest BCUT2D eigenvalue weighted by atomic mass is 10.1. The lowest BCUT2D eigenvalue weighted by Crippen LogP contribution is -1.98. The predicted octanol–water partition coefficient (Wildman–Crippen LogP) is 3.31. The largest absolute Gasteiger partial charge is 0.508 e. The van der Waals surface area contributed by atoms with Crippen LogP contribution < -0.4 is 0 Å². The van der Waals surface area contributed by atoms with Gasteiger partial charge in [0, 0.05) is 6.92 Å². The van der Waals surface area contributed by atoms with Crippen molar-refractivity contribution >= 4 is 17.9 Å². The number of carbonyl (C=O) groups excluding carboxylic acids is 1. The maximum absolute atomic E-state index is 10.5. The van der Waals surface area contributed by atoms with Crippen LogP contribution in [0.5, 0.6) is 11.5 Å². The van der Waals surface area contributed by atoms with Crippen LogP contribution in [-0.2, 0) is 16.0 Å². The number of carboxylic acid groups (broad SMARTS) is 2. The van der Waals surface area contributed by atoms with E-state index in [1.807, 2.05) is 6.92 Å². The number of rotatable bonds is 4. The number of esters is 1. The molecule has 0 radical (unpaired) electrons. The fourth-order valence-corrected chi connectivity index (χ4v) is 1.86. The summed E-state index contributed by atoms with van der Waals surface area (Å²) in [4.78, 5) is 30.6. The minimum absolute atomic E-state index is 0.0330. The first kappa shape index (κ1) is 24.5. The van der Waals surface area contributed by atoms with Crippen molar-refractivity contribution in [3.8, 4) is 11.5 Å². The van der Waals surface area contributed by atoms with E-state index in [0.717, 1.165) is 0 Å². The number of hydrogen-bond acceptors (Lipinski definition) is 6. The first-order valence-electron chi connectivity index (χ1n) is 8.33. The summed E-state index contributed by atoms with van der Waals surface area (Å²) in [7, 11) is 0. The van der Waals surface area contributed by atoms with Crippen molar-refractivity contribution in [2.24, 2.45) is 0 Å². The summed E-state index contributed by atoms with van der Waals surface area (Å²) in [5.74, 6) is -2.34. The number of carboxylic acids is 2. The molecule has 0 aromatic heterocycles. The van der Waals surface area contributed by atoms with E-state index < -0.39 is 11.9 Å². The van der Waals surface area contributed by atoms with Crippen LogP contribution in [0.25, 0.3) is 0 Å². The second-order valence-corrected chi connectivity index (χ2v) is 5.25. The molecule has 0 unspecified atom stereocenters. The number of phenolic OH excluding ortho intramolecular Hbond substituents is 1. The molecule has 0 fully saturated rings. The zero-order chi connectivity index (χ0) is 21.7. The van der Waals surface area contributed by atoms with Gasteiger partial charge in [-0.3, -0.25) is 4.79 Å². The van der Waals surface area contributed by atoms with Gasteiger partial charge in [-0.25, -0.2) is 9.59 Å². The number of ether oxygens (including phenoxy) is 1. The standard InChI is InChI=1S/C9H10O3.C7H6O3.C4H8O2/c1-2-6-4-3-5-7(8(6)10)9(11)12;8-6-3-1-5(2-4-6)7(9)10;1-3-6-4(2)5/h3-5,10H,2H2,1H3,(H,11,12);1-4,8H,(H,9,10);3H2,1-2H3. The van der Waals surface area contributed by atoms with Crippen molar-refractivity contribution < 1.29 is 39.5 Å². The van der Waals surface area contributed by atoms with Gasteiger partial charge in [-0.05, 0) is 49.2 Å². The molecule has 8 heteroatoms. The molecular weight excluding hydrogens is 368 g/mol. The number of aromatic hydroxyl groups is 2. The number of benzene rings is 2. The Morgan fingerprint density at radius 2 is 1.46 bits per heavy atom. The van der Waals surface area contributed by atoms with Crippen LogP contribution in [0.15, 0.2) is 42.5 Å². The number of hydrogen-bond donors (Lipinski definition) is 4. The summed E-state index contributed by atoms with van der Waals surface area (Å²) in [6.07, 6.45) is 0.632. The second-order valence-electron chi connectivity index (χ2n) is 5.25. The zero-order valence-electron chi connectivity index (χ0n) is 15.9. The summed E-state index contributed by atoms with van der Waals surface area (Å²) in [6.45, 7) is 5.51. The third kappa shape index (κ3) is 9.23. The molecule has 0 aliphatic heterocycles. The van der Waals surface area contributed by atoms with Crippen LogP contribution >= 0.6 is 0 Å². The molecular formula is C20H24O8. The molecule has 2 rings (SSSR count). The van der Waals surface area contributed by atoms with Gasteiger partial charge in [0.25, 0.3) is 0 Å². The van der Waals surface area contributed by atoms with E-state index in [-0.39, 0.29) is 28.6 Å². The highest BCUT2D eigenvalue weighted by Gasteiger charge is 2.10. The maximum Gasteiger partial charge on any atom is 0.339 e. The molecule has 0 saturated carbocycles. The molecule has 0 aliphatic carbocycles. The van der Waals surface area contributed by atoms with E-state index in [4.69, 9.17) is 15.3 Å². The Labute approximate surface area is 162 Å². The van der Waals surface area contributed by atoms with Gasteiger partial charge in [0.15, 0.2) is 0 Å². The average Bonchev–Trinajstić information content (AvgIpc) is 2.63. The first-order chi connectivity index (χ1) is 13.1. The van der Waals surface area contributed by atoms with E-state index in [1.54, 1.807) is 19.1 Å². The number of phenols is 2. The Bertz CT molecular complexity index is 781. The number of aryl methyl sites for hydroxylation is 1. The molecule has 0 aliphatic rings. The summed E-state index contributed by atoms with van der Waals surface area (Å²) < 4.78 is 4.40. The van der Waals surface area contributed by atoms with Crippen LogP contribution in [0, 0.1) is 0 Å². The molecule has 4 N–H and O–H groups in total. The fraction of sp³-hybridized carbons (Fsp3) is 0.250. The Morgan fingerprint density at radius 3 is 1.82 bits per heavy atom. The van der Waals surface area contributed by atoms with Gasteiger partial charge in [0.2, 0.25) is 0 Å². The quantitative estimate of drug-likeness (QED) is 0.581. The highest BCUT2D eigenvalue weighted by molar-refractivity contribution is 5.91. The van der Waals surface area contributed by atoms with Crippen molar-refractivity contribution in [3.05, 3.63) is 59.2 Å². The molecule has 0 amide bonds. The smallest absolute Gasteiger partial charge is 0.339 e. The van der Waals surface area contributed by atoms with Crippen LogP contribution in [-0.4, -0.2) is 44.9 Å². The monoisotopic (exact) mass is 392 g/mol. The van der Waals surface area contributed by atoms with Crippen molar-refractivity contribution in [2.45, 2.75) is 27.2 Å². The van der Waals surface area contributed by atoms with Crippen molar-refractivity contribution in [3.63, 3.8) is 0 Å². The Balaban J connectivity index is 0.000000414. The van der Waals surface area contributed by atoms with Crippen molar-refractivity contribution in [1.29, 1.82) is 0 Å². The lowest BCUT2D eigenvalue weighted by molar-refractivity contribution is -0.140. The maximum atomic E-state index is 10.5. The second kappa shape index (κ2) is 12.7. The molecule has 2 aromatic carbocycles. The molecule has 0 atom stereocenters. The molecule has 2 aromatic rings. The Kier molecular flexibility index (Phi) is 11.1. The van der Waals surface area contributed by atoms with E-state index >= 15 is 0 Å². The number of carbonyl (C=O) groups is 3. The number of aromatic carboxylic acids is 2. The third-order valence-electron chi connectivity index (χ3n) is 3.19. The van der Waals surface area contributed by atoms with Crippen LogP contribution in [0.3, 0.4) is 0 Å². The molecule has 0 bridgehead atoms. The topological polar surface area (TPSA) is 141 Å². The normalized spacial score (nSPS) is 9.11. The summed E-state index contributed by atoms with van der Waals surface area (Å²) in [6, 6.07) is 10.1. The van der Waals surface area contributed by atoms with Gasteiger partial charge in [0.1, 0.15) is 17.1 Å². The van der Waals surface area contributed by atoms with Gasteiger partial charge in [-0.2, -0.15) is 0 Å². The average molecular weight is 392 g/mol. The Hall–Kier alpha value is -3.55. The van der Waals surface area contributed by atoms with E-state index in [9.17, 15) is 19.5 Å². The van der Waals surface area contributed by atoms with E-state index in [0.29, 0.717) is 18.6 Å². The fourth-order valence-electron chi connectivity index (χ4n) is 1.86. The minimum atomic E-state index is -1.09. The molecule has 0 heterocycles. The molecule has 8 nitrogen and oxygen atoms in total. The van der Waals surface area contributed by atoms with E-state index in [2.05, 4.69) is 4.74 Å². The summed E-state index contributed by atoms with van der Waals surface area (Å²) in [5, 5.41) is 35.1. The van der Waals surface area contributed by atoms with Crippen molar-refractivity contribution in [1.82, 2.24) is 0 Å². The summed E-state index contributed by atoms with van der Waals surface area (Å²) in [5.41, 5.74) is 0.807. The molecule has 152 valence electrons. The minimum Gasteiger partial charge on any atom is -0.508 e. The highest BCUT2D eigenvalue weighted by atomic mass is 16.5. The van der Waals surface area contributed by atoms with E-state index in [1.165, 1.54) is 37.3 Å². The molecule has 28 heavy (non-hydrogen) atoms. The number of para-hydroxylation sites is 1. The first-order valence-corrected chi connectivity index (χ1v) is 8.33. The predicted molar refractivity (Wildman–Crippen MR) is 102 cm³/mol. The van der Waals surface area contributed by atoms with Crippen LogP contribution in [0.1, 0.15) is 47.1 Å². The van der Waals surface area contributed by atoms with Crippen LogP contribution in [0.4, 0.5) is 0 Å². The summed E-state index contributed by atoms with van der Waals surface area (Å²) >= 11 is 0. The lowest BCUT2D eigenvalue weighted by Gasteiger charge is -2.03. The van der Waals surface area contributed by atoms with Crippen LogP contribution in [0.2, 0.25) is 0 Å². The molecule has 0 spiro atoms. The Morgan fingerprint density at radius 1 is 0.893 bits per heavy atom. The van der Waals surface area contributed by atoms with Gasteiger partial charge in [-0.1, -0.05) is 19.1 Å². The van der Waals surface area contributed by atoms with Crippen molar-refractivity contribution in [2.75, 3.05) is 6.61 Å².